The van der Waals surface area contributed by atoms with Crippen LogP contribution in [0.5, 0.6) is 0 Å². The van der Waals surface area contributed by atoms with E-state index < -0.39 is 0 Å². The zero-order valence-electron chi connectivity index (χ0n) is 14.5. The van der Waals surface area contributed by atoms with Crippen molar-refractivity contribution in [1.82, 2.24) is 15.2 Å². The number of benzene rings is 1. The Bertz CT molecular complexity index is 654. The molecule has 130 valence electrons. The zero-order valence-corrected chi connectivity index (χ0v) is 14.5. The number of aromatic nitrogens is 1. The van der Waals surface area contributed by atoms with Gasteiger partial charge in [0.2, 0.25) is 0 Å². The molecule has 4 nitrogen and oxygen atoms in total. The average molecular weight is 327 g/mol. The van der Waals surface area contributed by atoms with Gasteiger partial charge in [-0.2, -0.15) is 0 Å². The van der Waals surface area contributed by atoms with Crippen LogP contribution in [0.2, 0.25) is 0 Å². The second-order valence-corrected chi connectivity index (χ2v) is 7.34. The highest BCUT2D eigenvalue weighted by molar-refractivity contribution is 5.82. The molecule has 2 N–H and O–H groups in total. The van der Waals surface area contributed by atoms with E-state index in [0.29, 0.717) is 5.54 Å². The molecule has 0 unspecified atom stereocenters. The molecule has 1 aromatic carbocycles. The Balaban J connectivity index is 1.44. The molecule has 2 aliphatic rings. The van der Waals surface area contributed by atoms with Crippen LogP contribution in [0.15, 0.2) is 30.5 Å². The van der Waals surface area contributed by atoms with Crippen LogP contribution in [0.4, 0.5) is 0 Å². The fourth-order valence-electron chi connectivity index (χ4n) is 4.46. The van der Waals surface area contributed by atoms with Gasteiger partial charge in [0.05, 0.1) is 0 Å². The molecule has 0 bridgehead atoms. The topological polar surface area (TPSA) is 40.3 Å². The maximum Gasteiger partial charge on any atom is 0.0484 e. The smallest absolute Gasteiger partial charge is 0.0484 e. The minimum absolute atomic E-state index is 0.296. The van der Waals surface area contributed by atoms with Crippen molar-refractivity contribution in [3.63, 3.8) is 0 Å². The summed E-state index contributed by atoms with van der Waals surface area (Å²) >= 11 is 0. The molecule has 0 saturated carbocycles. The fourth-order valence-corrected chi connectivity index (χ4v) is 4.46. The predicted octanol–water partition coefficient (Wildman–Crippen LogP) is 3.29. The maximum absolute atomic E-state index is 5.67. The first-order valence-electron chi connectivity index (χ1n) is 9.46. The van der Waals surface area contributed by atoms with Gasteiger partial charge in [0, 0.05) is 48.9 Å². The third-order valence-electron chi connectivity index (χ3n) is 5.91. The minimum Gasteiger partial charge on any atom is -0.381 e. The van der Waals surface area contributed by atoms with Crippen LogP contribution in [-0.2, 0) is 11.3 Å². The summed E-state index contributed by atoms with van der Waals surface area (Å²) in [5.41, 5.74) is 2.91. The minimum atomic E-state index is 0.296. The van der Waals surface area contributed by atoms with Gasteiger partial charge in [0.1, 0.15) is 0 Å². The number of H-pyrrole nitrogens is 1. The quantitative estimate of drug-likeness (QED) is 0.885. The zero-order chi connectivity index (χ0) is 16.2. The second-order valence-electron chi connectivity index (χ2n) is 7.34. The molecule has 4 heteroatoms. The summed E-state index contributed by atoms with van der Waals surface area (Å²) in [6, 6.07) is 8.71. The normalized spacial score (nSPS) is 22.0. The highest BCUT2D eigenvalue weighted by atomic mass is 16.5. The molecular formula is C20H29N3O. The van der Waals surface area contributed by atoms with E-state index in [-0.39, 0.29) is 0 Å². The third kappa shape index (κ3) is 3.23. The highest BCUT2D eigenvalue weighted by Crippen LogP contribution is 2.30. The van der Waals surface area contributed by atoms with Crippen molar-refractivity contribution in [3.8, 4) is 0 Å². The first-order valence-corrected chi connectivity index (χ1v) is 9.46. The van der Waals surface area contributed by atoms with E-state index in [2.05, 4.69) is 39.5 Å². The van der Waals surface area contributed by atoms with Gasteiger partial charge in [-0.15, -0.1) is 0 Å². The van der Waals surface area contributed by atoms with E-state index in [0.717, 1.165) is 39.1 Å². The van der Waals surface area contributed by atoms with Gasteiger partial charge in [-0.1, -0.05) is 18.6 Å². The SMILES string of the molecule is c1cc(CNCC2(N3CCCCC3)CCOCC2)c2cc[nH]c2c1. The molecule has 4 rings (SSSR count). The number of fused-ring (bicyclic) bond motifs is 1. The van der Waals surface area contributed by atoms with E-state index in [4.69, 9.17) is 4.74 Å². The number of hydrogen-bond acceptors (Lipinski definition) is 3. The van der Waals surface area contributed by atoms with E-state index in [9.17, 15) is 0 Å². The monoisotopic (exact) mass is 327 g/mol. The molecule has 2 aromatic rings. The van der Waals surface area contributed by atoms with Crippen LogP contribution in [0, 0.1) is 0 Å². The molecule has 24 heavy (non-hydrogen) atoms. The Hall–Kier alpha value is -1.36. The van der Waals surface area contributed by atoms with E-state index in [1.165, 1.54) is 48.8 Å². The Labute approximate surface area is 144 Å². The lowest BCUT2D eigenvalue weighted by Crippen LogP contribution is -2.59. The molecule has 2 saturated heterocycles. The third-order valence-corrected chi connectivity index (χ3v) is 5.91. The Morgan fingerprint density at radius 1 is 1.08 bits per heavy atom. The van der Waals surface area contributed by atoms with Crippen LogP contribution in [-0.4, -0.2) is 48.3 Å². The Morgan fingerprint density at radius 2 is 1.92 bits per heavy atom. The summed E-state index contributed by atoms with van der Waals surface area (Å²) in [6.45, 7) is 6.34. The lowest BCUT2D eigenvalue weighted by molar-refractivity contribution is -0.0358. The van der Waals surface area contributed by atoms with Crippen molar-refractivity contribution in [2.24, 2.45) is 0 Å². The van der Waals surface area contributed by atoms with Crippen molar-refractivity contribution in [3.05, 3.63) is 36.0 Å². The van der Waals surface area contributed by atoms with Crippen LogP contribution in [0.3, 0.4) is 0 Å². The highest BCUT2D eigenvalue weighted by Gasteiger charge is 2.38. The molecule has 0 aliphatic carbocycles. The largest absolute Gasteiger partial charge is 0.381 e. The summed E-state index contributed by atoms with van der Waals surface area (Å²) in [7, 11) is 0. The first-order chi connectivity index (χ1) is 11.9. The Kier molecular flexibility index (Phi) is 4.88. The summed E-state index contributed by atoms with van der Waals surface area (Å²) in [6.07, 6.45) is 8.45. The number of nitrogens with one attached hydrogen (secondary N) is 2. The summed E-state index contributed by atoms with van der Waals surface area (Å²) in [5, 5.41) is 5.12. The summed E-state index contributed by atoms with van der Waals surface area (Å²) in [4.78, 5) is 6.06. The number of likely N-dealkylation sites (tertiary alicyclic amines) is 1. The fraction of sp³-hybridized carbons (Fsp3) is 0.600. The number of piperidine rings is 1. The van der Waals surface area contributed by atoms with Crippen molar-refractivity contribution in [1.29, 1.82) is 0 Å². The van der Waals surface area contributed by atoms with E-state index >= 15 is 0 Å². The van der Waals surface area contributed by atoms with Crippen LogP contribution in [0.1, 0.15) is 37.7 Å². The average Bonchev–Trinajstić information content (AvgIpc) is 3.13. The molecule has 0 atom stereocenters. The molecule has 3 heterocycles. The van der Waals surface area contributed by atoms with Gasteiger partial charge in [-0.3, -0.25) is 4.90 Å². The van der Waals surface area contributed by atoms with E-state index in [1.807, 2.05) is 6.20 Å². The number of ether oxygens (including phenoxy) is 1. The Morgan fingerprint density at radius 3 is 2.75 bits per heavy atom. The number of nitrogens with zero attached hydrogens (tertiary/aromatic N) is 1. The van der Waals surface area contributed by atoms with Crippen molar-refractivity contribution < 1.29 is 4.74 Å². The first kappa shape index (κ1) is 16.1. The van der Waals surface area contributed by atoms with Gasteiger partial charge >= 0.3 is 0 Å². The lowest BCUT2D eigenvalue weighted by Gasteiger charge is -2.48. The van der Waals surface area contributed by atoms with Crippen LogP contribution >= 0.6 is 0 Å². The van der Waals surface area contributed by atoms with Crippen molar-refractivity contribution >= 4 is 10.9 Å². The van der Waals surface area contributed by atoms with Gasteiger partial charge < -0.3 is 15.0 Å². The summed E-state index contributed by atoms with van der Waals surface area (Å²) in [5.74, 6) is 0. The van der Waals surface area contributed by atoms with Crippen molar-refractivity contribution in [2.45, 2.75) is 44.2 Å². The van der Waals surface area contributed by atoms with Gasteiger partial charge in [-0.25, -0.2) is 0 Å². The van der Waals surface area contributed by atoms with Gasteiger partial charge in [0.25, 0.3) is 0 Å². The molecule has 2 aliphatic heterocycles. The molecule has 0 spiro atoms. The molecule has 0 radical (unpaired) electrons. The molecule has 2 fully saturated rings. The number of hydrogen-bond donors (Lipinski definition) is 2. The van der Waals surface area contributed by atoms with Crippen LogP contribution < -0.4 is 5.32 Å². The summed E-state index contributed by atoms with van der Waals surface area (Å²) < 4.78 is 5.67. The maximum atomic E-state index is 5.67. The molecule has 0 amide bonds. The standard InChI is InChI=1S/C20H29N3O/c1-2-11-23(12-3-1)20(8-13-24-14-9-20)16-21-15-17-5-4-6-19-18(17)7-10-22-19/h4-7,10,21-22H,1-3,8-9,11-16H2. The molecular weight excluding hydrogens is 298 g/mol. The van der Waals surface area contributed by atoms with Gasteiger partial charge in [0.15, 0.2) is 0 Å². The molecule has 1 aromatic heterocycles. The predicted molar refractivity (Wildman–Crippen MR) is 98.2 cm³/mol. The number of rotatable bonds is 5. The van der Waals surface area contributed by atoms with Crippen molar-refractivity contribution in [2.75, 3.05) is 32.8 Å². The van der Waals surface area contributed by atoms with Gasteiger partial charge in [-0.05, 0) is 56.5 Å². The lowest BCUT2D eigenvalue weighted by atomic mass is 9.86. The van der Waals surface area contributed by atoms with E-state index in [1.54, 1.807) is 0 Å². The second kappa shape index (κ2) is 7.26. The van der Waals surface area contributed by atoms with Crippen LogP contribution in [0.25, 0.3) is 10.9 Å². The number of aromatic amines is 1.